The molecule has 0 unspecified atom stereocenters. The highest BCUT2D eigenvalue weighted by molar-refractivity contribution is 5.89. The lowest BCUT2D eigenvalue weighted by Crippen LogP contribution is -2.28. The summed E-state index contributed by atoms with van der Waals surface area (Å²) < 4.78 is 0. The van der Waals surface area contributed by atoms with E-state index in [0.29, 0.717) is 19.5 Å². The summed E-state index contributed by atoms with van der Waals surface area (Å²) in [7, 11) is 0. The number of nitrogens with zero attached hydrogens (tertiary/aromatic N) is 1. The molecule has 31 heavy (non-hydrogen) atoms. The molecule has 0 radical (unpaired) electrons. The third-order valence-corrected chi connectivity index (χ3v) is 5.58. The first-order chi connectivity index (χ1) is 15.1. The Morgan fingerprint density at radius 1 is 0.968 bits per heavy atom. The number of urea groups is 1. The van der Waals surface area contributed by atoms with Crippen LogP contribution in [0.4, 0.5) is 10.5 Å². The van der Waals surface area contributed by atoms with Gasteiger partial charge in [-0.15, -0.1) is 0 Å². The van der Waals surface area contributed by atoms with Crippen molar-refractivity contribution in [3.8, 4) is 11.1 Å². The molecule has 3 amide bonds. The Bertz CT molecular complexity index is 1060. The zero-order valence-electron chi connectivity index (χ0n) is 17.7. The second-order valence-corrected chi connectivity index (χ2v) is 7.95. The Labute approximate surface area is 183 Å². The van der Waals surface area contributed by atoms with Crippen LogP contribution in [0.15, 0.2) is 72.8 Å². The molecule has 1 heterocycles. The number of aryl methyl sites for hydroxylation is 1. The van der Waals surface area contributed by atoms with Gasteiger partial charge >= 0.3 is 6.03 Å². The van der Waals surface area contributed by atoms with Crippen LogP contribution in [0.3, 0.4) is 0 Å². The highest BCUT2D eigenvalue weighted by Gasteiger charge is 2.19. The number of anilines is 1. The van der Waals surface area contributed by atoms with Gasteiger partial charge in [0.05, 0.1) is 0 Å². The summed E-state index contributed by atoms with van der Waals surface area (Å²) in [5.41, 5.74) is 6.27. The van der Waals surface area contributed by atoms with Gasteiger partial charge in [-0.05, 0) is 47.7 Å². The molecule has 0 aromatic heterocycles. The first kappa shape index (κ1) is 20.7. The van der Waals surface area contributed by atoms with E-state index >= 15 is 0 Å². The van der Waals surface area contributed by atoms with E-state index in [-0.39, 0.29) is 11.9 Å². The second-order valence-electron chi connectivity index (χ2n) is 7.95. The van der Waals surface area contributed by atoms with E-state index in [1.54, 1.807) is 0 Å². The molecule has 0 bridgehead atoms. The van der Waals surface area contributed by atoms with Crippen molar-refractivity contribution in [2.45, 2.75) is 32.9 Å². The molecule has 0 atom stereocenters. The maximum absolute atomic E-state index is 12.3. The molecule has 3 aromatic rings. The summed E-state index contributed by atoms with van der Waals surface area (Å²) in [4.78, 5) is 26.1. The van der Waals surface area contributed by atoms with Gasteiger partial charge in [0.15, 0.2) is 0 Å². The van der Waals surface area contributed by atoms with Gasteiger partial charge < -0.3 is 15.5 Å². The lowest BCUT2D eigenvalue weighted by atomic mass is 9.98. The SMILES string of the molecule is Cc1ccc(NC(=O)NCc2ccccc2-c2ccc(CN3CCCC3=O)cc2)cc1. The predicted molar refractivity (Wildman–Crippen MR) is 124 cm³/mol. The van der Waals surface area contributed by atoms with Crippen LogP contribution in [0.25, 0.3) is 11.1 Å². The van der Waals surface area contributed by atoms with Gasteiger partial charge in [0.25, 0.3) is 0 Å². The number of nitrogens with one attached hydrogen (secondary N) is 2. The van der Waals surface area contributed by atoms with Gasteiger partial charge in [-0.25, -0.2) is 4.79 Å². The summed E-state index contributed by atoms with van der Waals surface area (Å²) >= 11 is 0. The molecule has 158 valence electrons. The van der Waals surface area contributed by atoms with Crippen molar-refractivity contribution in [2.24, 2.45) is 0 Å². The van der Waals surface area contributed by atoms with Crippen LogP contribution in [-0.4, -0.2) is 23.4 Å². The van der Waals surface area contributed by atoms with E-state index in [1.165, 1.54) is 0 Å². The minimum atomic E-state index is -0.232. The average Bonchev–Trinajstić information content (AvgIpc) is 3.19. The number of carbonyl (C=O) groups is 2. The molecule has 1 saturated heterocycles. The Balaban J connectivity index is 1.40. The number of carbonyl (C=O) groups excluding carboxylic acids is 2. The molecule has 2 N–H and O–H groups in total. The number of rotatable bonds is 6. The lowest BCUT2D eigenvalue weighted by Gasteiger charge is -2.16. The Morgan fingerprint density at radius 2 is 1.71 bits per heavy atom. The molecule has 0 aliphatic carbocycles. The van der Waals surface area contributed by atoms with Crippen LogP contribution < -0.4 is 10.6 Å². The molecule has 1 fully saturated rings. The van der Waals surface area contributed by atoms with Crippen molar-refractivity contribution in [2.75, 3.05) is 11.9 Å². The normalized spacial score (nSPS) is 13.3. The lowest BCUT2D eigenvalue weighted by molar-refractivity contribution is -0.128. The minimum Gasteiger partial charge on any atom is -0.338 e. The molecule has 1 aliphatic heterocycles. The summed E-state index contributed by atoms with van der Waals surface area (Å²) in [5, 5.41) is 5.80. The summed E-state index contributed by atoms with van der Waals surface area (Å²) in [6.45, 7) is 3.96. The number of hydrogen-bond donors (Lipinski definition) is 2. The number of hydrogen-bond acceptors (Lipinski definition) is 2. The molecular formula is C26H27N3O2. The van der Waals surface area contributed by atoms with Crippen molar-refractivity contribution >= 4 is 17.6 Å². The van der Waals surface area contributed by atoms with Crippen molar-refractivity contribution < 1.29 is 9.59 Å². The molecule has 1 aliphatic rings. The first-order valence-electron chi connectivity index (χ1n) is 10.6. The third-order valence-electron chi connectivity index (χ3n) is 5.58. The topological polar surface area (TPSA) is 61.4 Å². The molecule has 3 aromatic carbocycles. The zero-order chi connectivity index (χ0) is 21.6. The number of amides is 3. The molecular weight excluding hydrogens is 386 g/mol. The maximum Gasteiger partial charge on any atom is 0.319 e. The maximum atomic E-state index is 12.3. The Kier molecular flexibility index (Phi) is 6.32. The monoisotopic (exact) mass is 413 g/mol. The summed E-state index contributed by atoms with van der Waals surface area (Å²) in [6, 6.07) is 23.9. The average molecular weight is 414 g/mol. The van der Waals surface area contributed by atoms with Gasteiger partial charge in [0.1, 0.15) is 0 Å². The zero-order valence-corrected chi connectivity index (χ0v) is 17.7. The molecule has 4 rings (SSSR count). The van der Waals surface area contributed by atoms with Crippen LogP contribution in [-0.2, 0) is 17.9 Å². The van der Waals surface area contributed by atoms with E-state index in [2.05, 4.69) is 41.0 Å². The molecule has 0 spiro atoms. The van der Waals surface area contributed by atoms with Crippen molar-refractivity contribution in [1.29, 1.82) is 0 Å². The first-order valence-corrected chi connectivity index (χ1v) is 10.6. The van der Waals surface area contributed by atoms with Crippen molar-refractivity contribution in [3.63, 3.8) is 0 Å². The fourth-order valence-corrected chi connectivity index (χ4v) is 3.83. The van der Waals surface area contributed by atoms with Crippen LogP contribution in [0.2, 0.25) is 0 Å². The van der Waals surface area contributed by atoms with Crippen molar-refractivity contribution in [3.05, 3.63) is 89.5 Å². The quantitative estimate of drug-likeness (QED) is 0.590. The van der Waals surface area contributed by atoms with Gasteiger partial charge in [0.2, 0.25) is 5.91 Å². The van der Waals surface area contributed by atoms with Gasteiger partial charge in [-0.1, -0.05) is 66.2 Å². The highest BCUT2D eigenvalue weighted by atomic mass is 16.2. The van der Waals surface area contributed by atoms with E-state index in [1.807, 2.05) is 54.3 Å². The number of benzene rings is 3. The van der Waals surface area contributed by atoms with Gasteiger partial charge in [-0.3, -0.25) is 4.79 Å². The summed E-state index contributed by atoms with van der Waals surface area (Å²) in [5.74, 6) is 0.240. The van der Waals surface area contributed by atoms with Gasteiger partial charge in [0, 0.05) is 31.7 Å². The predicted octanol–water partition coefficient (Wildman–Crippen LogP) is 5.11. The van der Waals surface area contributed by atoms with Crippen LogP contribution in [0, 0.1) is 6.92 Å². The van der Waals surface area contributed by atoms with E-state index in [9.17, 15) is 9.59 Å². The molecule has 5 nitrogen and oxygen atoms in total. The van der Waals surface area contributed by atoms with E-state index in [4.69, 9.17) is 0 Å². The smallest absolute Gasteiger partial charge is 0.319 e. The van der Waals surface area contributed by atoms with Crippen LogP contribution in [0.1, 0.15) is 29.5 Å². The van der Waals surface area contributed by atoms with Crippen LogP contribution >= 0.6 is 0 Å². The Morgan fingerprint density at radius 3 is 2.42 bits per heavy atom. The fourth-order valence-electron chi connectivity index (χ4n) is 3.83. The fraction of sp³-hybridized carbons (Fsp3) is 0.231. The Hall–Kier alpha value is -3.60. The van der Waals surface area contributed by atoms with Crippen molar-refractivity contribution in [1.82, 2.24) is 10.2 Å². The largest absolute Gasteiger partial charge is 0.338 e. The minimum absolute atomic E-state index is 0.232. The molecule has 5 heteroatoms. The third kappa shape index (κ3) is 5.31. The molecule has 0 saturated carbocycles. The summed E-state index contributed by atoms with van der Waals surface area (Å²) in [6.07, 6.45) is 1.62. The standard InChI is InChI=1S/C26H27N3O2/c1-19-8-14-23(15-9-19)28-26(31)27-17-22-5-2-3-6-24(22)21-12-10-20(11-13-21)18-29-16-4-7-25(29)30/h2-3,5-6,8-15H,4,7,16-18H2,1H3,(H2,27,28,31). The van der Waals surface area contributed by atoms with Crippen LogP contribution in [0.5, 0.6) is 0 Å². The van der Waals surface area contributed by atoms with Gasteiger partial charge in [-0.2, -0.15) is 0 Å². The second kappa shape index (κ2) is 9.47. The number of likely N-dealkylation sites (tertiary alicyclic amines) is 1. The highest BCUT2D eigenvalue weighted by Crippen LogP contribution is 2.25. The van der Waals surface area contributed by atoms with E-state index < -0.39 is 0 Å². The van der Waals surface area contributed by atoms with E-state index in [0.717, 1.165) is 46.5 Å².